The van der Waals surface area contributed by atoms with Crippen LogP contribution >= 0.6 is 0 Å². The van der Waals surface area contributed by atoms with Crippen LogP contribution in [0.4, 0.5) is 17.1 Å². The molecule has 0 amide bonds. The van der Waals surface area contributed by atoms with Crippen LogP contribution in [-0.4, -0.2) is 9.97 Å². The Hall–Kier alpha value is -7.04. The van der Waals surface area contributed by atoms with E-state index in [0.717, 1.165) is 70.5 Å². The average Bonchev–Trinajstić information content (AvgIpc) is 3.94. The van der Waals surface area contributed by atoms with Crippen LogP contribution in [0.25, 0.3) is 56.2 Å². The van der Waals surface area contributed by atoms with E-state index >= 15 is 0 Å². The molecule has 0 fully saturated rings. The molecule has 0 radical (unpaired) electrons. The quantitative estimate of drug-likeness (QED) is 0.153. The van der Waals surface area contributed by atoms with Crippen molar-refractivity contribution in [1.82, 2.24) is 9.97 Å². The first kappa shape index (κ1) is 33.5. The summed E-state index contributed by atoms with van der Waals surface area (Å²) < 4.78 is 0. The van der Waals surface area contributed by atoms with E-state index < -0.39 is 0 Å². The van der Waals surface area contributed by atoms with Gasteiger partial charge in [-0.3, -0.25) is 9.80 Å². The van der Waals surface area contributed by atoms with Gasteiger partial charge in [0.05, 0.1) is 22.8 Å². The zero-order valence-corrected chi connectivity index (χ0v) is 31.1. The molecule has 1 aliphatic heterocycles. The smallest absolute Gasteiger partial charge is 0.160 e. The van der Waals surface area contributed by atoms with E-state index in [1.165, 1.54) is 39.7 Å². The van der Waals surface area contributed by atoms with E-state index in [1.54, 1.807) is 0 Å². The second kappa shape index (κ2) is 14.7. The van der Waals surface area contributed by atoms with Crippen LogP contribution in [0.3, 0.4) is 0 Å². The summed E-state index contributed by atoms with van der Waals surface area (Å²) in [6.07, 6.45) is 15.4. The van der Waals surface area contributed by atoms with Crippen LogP contribution in [0.1, 0.15) is 25.7 Å². The molecule has 56 heavy (non-hydrogen) atoms. The van der Waals surface area contributed by atoms with Gasteiger partial charge in [0.1, 0.15) is 5.82 Å². The molecule has 0 N–H and O–H groups in total. The number of fused-ring (bicyclic) bond motifs is 1. The standard InChI is InChI=1S/C52H40N4/c1-5-17-38(18-6-1)45-27-15-16-28-46(45)48-36-47(53-51(54-48)40-19-7-2-8-20-40)39-31-29-37(30-32-39)42-33-34-49-50(35-42)56(44-25-11-4-12-26-44)52(41-21-13-14-22-41)55(49)43-23-9-3-10-24-43/h1-9,11-20,23,25-36H,10,21-22,24H2. The summed E-state index contributed by atoms with van der Waals surface area (Å²) in [5.41, 5.74) is 15.9. The van der Waals surface area contributed by atoms with Crippen LogP contribution in [-0.2, 0) is 0 Å². The van der Waals surface area contributed by atoms with E-state index in [9.17, 15) is 0 Å². The monoisotopic (exact) mass is 720 g/mol. The van der Waals surface area contributed by atoms with Crippen molar-refractivity contribution in [3.05, 3.63) is 211 Å². The first-order valence-corrected chi connectivity index (χ1v) is 19.5. The highest BCUT2D eigenvalue weighted by atomic mass is 15.4. The van der Waals surface area contributed by atoms with Crippen molar-refractivity contribution < 1.29 is 0 Å². The lowest BCUT2D eigenvalue weighted by Crippen LogP contribution is -2.27. The first-order chi connectivity index (χ1) is 27.8. The molecule has 0 bridgehead atoms. The van der Waals surface area contributed by atoms with Crippen molar-refractivity contribution in [2.45, 2.75) is 25.7 Å². The highest BCUT2D eigenvalue weighted by Gasteiger charge is 2.37. The van der Waals surface area contributed by atoms with Gasteiger partial charge in [-0.05, 0) is 89.9 Å². The molecule has 0 unspecified atom stereocenters. The number of hydrogen-bond acceptors (Lipinski definition) is 4. The van der Waals surface area contributed by atoms with Crippen LogP contribution in [0.15, 0.2) is 211 Å². The fraction of sp³-hybridized carbons (Fsp3) is 0.0769. The minimum atomic E-state index is 0.708. The Labute approximate surface area is 328 Å². The predicted octanol–water partition coefficient (Wildman–Crippen LogP) is 13.6. The van der Waals surface area contributed by atoms with Crippen LogP contribution in [0.2, 0.25) is 0 Å². The third kappa shape index (κ3) is 6.25. The third-order valence-corrected chi connectivity index (χ3v) is 10.9. The molecule has 4 heteroatoms. The molecule has 2 aliphatic carbocycles. The van der Waals surface area contributed by atoms with Gasteiger partial charge >= 0.3 is 0 Å². The molecule has 4 nitrogen and oxygen atoms in total. The third-order valence-electron chi connectivity index (χ3n) is 10.9. The lowest BCUT2D eigenvalue weighted by Gasteiger charge is -2.30. The fourth-order valence-electron chi connectivity index (χ4n) is 8.20. The van der Waals surface area contributed by atoms with E-state index in [4.69, 9.17) is 9.97 Å². The van der Waals surface area contributed by atoms with E-state index in [1.807, 2.05) is 18.2 Å². The largest absolute Gasteiger partial charge is 0.298 e. The van der Waals surface area contributed by atoms with Gasteiger partial charge < -0.3 is 0 Å². The van der Waals surface area contributed by atoms with Crippen molar-refractivity contribution in [3.8, 4) is 56.2 Å². The second-order valence-corrected chi connectivity index (χ2v) is 14.5. The fourth-order valence-corrected chi connectivity index (χ4v) is 8.20. The number of nitrogens with zero attached hydrogens (tertiary/aromatic N) is 4. The zero-order valence-electron chi connectivity index (χ0n) is 31.1. The molecule has 0 spiro atoms. The van der Waals surface area contributed by atoms with Crippen molar-refractivity contribution >= 4 is 17.1 Å². The summed E-state index contributed by atoms with van der Waals surface area (Å²) >= 11 is 0. The molecule has 7 aromatic rings. The molecular formula is C52H40N4. The Kier molecular flexibility index (Phi) is 8.77. The van der Waals surface area contributed by atoms with Gasteiger partial charge in [-0.15, -0.1) is 0 Å². The van der Waals surface area contributed by atoms with Gasteiger partial charge in [0.15, 0.2) is 5.82 Å². The molecule has 0 atom stereocenters. The minimum absolute atomic E-state index is 0.708. The maximum absolute atomic E-state index is 5.16. The molecule has 6 aromatic carbocycles. The van der Waals surface area contributed by atoms with Crippen LogP contribution in [0, 0.1) is 0 Å². The average molecular weight is 721 g/mol. The molecule has 0 saturated heterocycles. The minimum Gasteiger partial charge on any atom is -0.298 e. The number of rotatable bonds is 7. The Bertz CT molecular complexity index is 2660. The molecule has 268 valence electrons. The molecule has 10 rings (SSSR count). The topological polar surface area (TPSA) is 32.3 Å². The van der Waals surface area contributed by atoms with Gasteiger partial charge in [0, 0.05) is 28.1 Å². The van der Waals surface area contributed by atoms with Gasteiger partial charge in [0.25, 0.3) is 0 Å². The summed E-state index contributed by atoms with van der Waals surface area (Å²) in [5, 5.41) is 0. The summed E-state index contributed by atoms with van der Waals surface area (Å²) in [5.74, 6) is 1.98. The number of benzene rings is 6. The highest BCUT2D eigenvalue weighted by Crippen LogP contribution is 2.52. The second-order valence-electron chi connectivity index (χ2n) is 14.5. The van der Waals surface area contributed by atoms with E-state index in [2.05, 4.69) is 186 Å². The Morgan fingerprint density at radius 1 is 0.446 bits per heavy atom. The number of hydrogen-bond donors (Lipinski definition) is 0. The normalized spacial score (nSPS) is 14.7. The summed E-state index contributed by atoms with van der Waals surface area (Å²) in [6.45, 7) is 0. The van der Waals surface area contributed by atoms with Crippen molar-refractivity contribution in [1.29, 1.82) is 0 Å². The highest BCUT2D eigenvalue weighted by molar-refractivity contribution is 5.94. The maximum atomic E-state index is 5.16. The van der Waals surface area contributed by atoms with E-state index in [0.29, 0.717) is 5.82 Å². The van der Waals surface area contributed by atoms with Gasteiger partial charge in [-0.1, -0.05) is 158 Å². The van der Waals surface area contributed by atoms with Crippen LogP contribution < -0.4 is 9.80 Å². The summed E-state index contributed by atoms with van der Waals surface area (Å²) in [6, 6.07) is 58.1. The number of anilines is 3. The molecule has 0 saturated carbocycles. The molecule has 1 aromatic heterocycles. The molecule has 3 aliphatic rings. The summed E-state index contributed by atoms with van der Waals surface area (Å²) in [7, 11) is 0. The Morgan fingerprint density at radius 3 is 1.79 bits per heavy atom. The molecular weight excluding hydrogens is 681 g/mol. The Morgan fingerprint density at radius 2 is 1.07 bits per heavy atom. The van der Waals surface area contributed by atoms with Gasteiger partial charge in [-0.2, -0.15) is 0 Å². The van der Waals surface area contributed by atoms with Gasteiger partial charge in [-0.25, -0.2) is 9.97 Å². The first-order valence-electron chi connectivity index (χ1n) is 19.5. The van der Waals surface area contributed by atoms with E-state index in [-0.39, 0.29) is 0 Å². The Balaban J connectivity index is 1.06. The zero-order chi connectivity index (χ0) is 37.3. The van der Waals surface area contributed by atoms with Crippen LogP contribution in [0.5, 0.6) is 0 Å². The molecule has 2 heterocycles. The predicted molar refractivity (Wildman–Crippen MR) is 232 cm³/mol. The van der Waals surface area contributed by atoms with Gasteiger partial charge in [0.2, 0.25) is 0 Å². The van der Waals surface area contributed by atoms with Crippen molar-refractivity contribution in [2.24, 2.45) is 0 Å². The SMILES string of the molecule is C1=CCCC(N2C(=C3CC=CC3)N(c3ccccc3)c3cc(-c4ccc(-c5cc(-c6ccccc6-c6ccccc6)nc(-c6ccccc6)n5)cc4)ccc32)=C1. The number of para-hydroxylation sites is 1. The maximum Gasteiger partial charge on any atom is 0.160 e. The van der Waals surface area contributed by atoms with Crippen molar-refractivity contribution in [2.75, 3.05) is 9.80 Å². The summed E-state index contributed by atoms with van der Waals surface area (Å²) in [4.78, 5) is 15.3. The van der Waals surface area contributed by atoms with Crippen molar-refractivity contribution in [3.63, 3.8) is 0 Å². The lowest BCUT2D eigenvalue weighted by atomic mass is 9.96. The number of allylic oxidation sites excluding steroid dienone is 7. The lowest BCUT2D eigenvalue weighted by molar-refractivity contribution is 0.882. The number of aromatic nitrogens is 2.